The van der Waals surface area contributed by atoms with Crippen molar-refractivity contribution in [1.29, 1.82) is 5.41 Å². The summed E-state index contributed by atoms with van der Waals surface area (Å²) in [6, 6.07) is 2.48. The first kappa shape index (κ1) is 14.3. The van der Waals surface area contributed by atoms with Gasteiger partial charge < -0.3 is 16.2 Å². The van der Waals surface area contributed by atoms with E-state index in [4.69, 9.17) is 11.1 Å². The van der Waals surface area contributed by atoms with Gasteiger partial charge in [0.15, 0.2) is 0 Å². The number of halogens is 1. The normalized spacial score (nSPS) is 9.94. The van der Waals surface area contributed by atoms with E-state index in [0.29, 0.717) is 22.1 Å². The van der Waals surface area contributed by atoms with E-state index in [9.17, 15) is 9.90 Å². The number of carbonyl (C=O) groups is 1. The number of urea groups is 1. The summed E-state index contributed by atoms with van der Waals surface area (Å²) in [6.07, 6.45) is 0.586. The van der Waals surface area contributed by atoms with Crippen LogP contribution in [0.4, 0.5) is 10.5 Å². The topological polar surface area (TPSA) is 102 Å². The summed E-state index contributed by atoms with van der Waals surface area (Å²) in [4.78, 5) is 12.8. The van der Waals surface area contributed by atoms with Crippen LogP contribution in [-0.4, -0.2) is 24.1 Å². The largest absolute Gasteiger partial charge is 0.508 e. The summed E-state index contributed by atoms with van der Waals surface area (Å²) in [6.45, 7) is 1.88. The van der Waals surface area contributed by atoms with E-state index in [2.05, 4.69) is 21.2 Å². The van der Waals surface area contributed by atoms with Gasteiger partial charge in [0.1, 0.15) is 5.75 Å². The second kappa shape index (κ2) is 5.72. The molecule has 0 radical (unpaired) electrons. The molecule has 0 aliphatic rings. The number of nitrogens with two attached hydrogens (primary N) is 1. The SMILES string of the molecule is CCc1cc(O)cc(Br)c1N(C(=N)N)C(=O)NC. The Hall–Kier alpha value is -1.76. The van der Waals surface area contributed by atoms with Gasteiger partial charge in [0.05, 0.1) is 5.69 Å². The predicted octanol–water partition coefficient (Wildman–Crippen LogP) is 1.76. The Bertz CT molecular complexity index is 490. The molecule has 6 nitrogen and oxygen atoms in total. The van der Waals surface area contributed by atoms with Crippen molar-refractivity contribution < 1.29 is 9.90 Å². The smallest absolute Gasteiger partial charge is 0.328 e. The van der Waals surface area contributed by atoms with Gasteiger partial charge in [-0.25, -0.2) is 9.69 Å². The summed E-state index contributed by atoms with van der Waals surface area (Å²) in [5.41, 5.74) is 6.61. The molecule has 0 aromatic heterocycles. The molecular weight excluding hydrogens is 300 g/mol. The zero-order valence-corrected chi connectivity index (χ0v) is 11.7. The Labute approximate surface area is 113 Å². The highest BCUT2D eigenvalue weighted by atomic mass is 79.9. The molecule has 0 atom stereocenters. The molecule has 0 saturated carbocycles. The van der Waals surface area contributed by atoms with E-state index in [-0.39, 0.29) is 5.75 Å². The highest BCUT2D eigenvalue weighted by Crippen LogP contribution is 2.34. The van der Waals surface area contributed by atoms with E-state index < -0.39 is 12.0 Å². The number of aromatic hydroxyl groups is 1. The van der Waals surface area contributed by atoms with Crippen LogP contribution < -0.4 is 16.0 Å². The van der Waals surface area contributed by atoms with Gasteiger partial charge in [0, 0.05) is 11.5 Å². The van der Waals surface area contributed by atoms with E-state index in [1.54, 1.807) is 6.07 Å². The third kappa shape index (κ3) is 2.73. The summed E-state index contributed by atoms with van der Waals surface area (Å²) in [7, 11) is 1.46. The minimum absolute atomic E-state index is 0.0860. The molecular formula is C11H15BrN4O2. The number of anilines is 1. The van der Waals surface area contributed by atoms with Gasteiger partial charge in [-0.2, -0.15) is 0 Å². The highest BCUT2D eigenvalue weighted by Gasteiger charge is 2.23. The fourth-order valence-corrected chi connectivity index (χ4v) is 2.27. The molecule has 0 bridgehead atoms. The fraction of sp³-hybridized carbons (Fsp3) is 0.273. The van der Waals surface area contributed by atoms with Crippen LogP contribution in [0.5, 0.6) is 5.75 Å². The monoisotopic (exact) mass is 314 g/mol. The highest BCUT2D eigenvalue weighted by molar-refractivity contribution is 9.10. The molecule has 0 unspecified atom stereocenters. The molecule has 0 fully saturated rings. The third-order valence-electron chi connectivity index (χ3n) is 2.39. The summed E-state index contributed by atoms with van der Waals surface area (Å²) in [5, 5.41) is 19.5. The fourth-order valence-electron chi connectivity index (χ4n) is 1.60. The quantitative estimate of drug-likeness (QED) is 0.494. The average Bonchev–Trinajstić information content (AvgIpc) is 2.30. The van der Waals surface area contributed by atoms with E-state index in [1.807, 2.05) is 6.92 Å². The molecule has 0 heterocycles. The van der Waals surface area contributed by atoms with Gasteiger partial charge in [0.25, 0.3) is 0 Å². The molecule has 1 aromatic rings. The van der Waals surface area contributed by atoms with E-state index in [0.717, 1.165) is 4.90 Å². The molecule has 2 amide bonds. The number of hydrogen-bond acceptors (Lipinski definition) is 3. The second-order valence-corrected chi connectivity index (χ2v) is 4.42. The van der Waals surface area contributed by atoms with Gasteiger partial charge in [0.2, 0.25) is 5.96 Å². The van der Waals surface area contributed by atoms with Crippen LogP contribution in [0.1, 0.15) is 12.5 Å². The summed E-state index contributed by atoms with van der Waals surface area (Å²) < 4.78 is 0.498. The minimum Gasteiger partial charge on any atom is -0.508 e. The molecule has 0 spiro atoms. The number of carbonyl (C=O) groups excluding carboxylic acids is 1. The lowest BCUT2D eigenvalue weighted by Crippen LogP contribution is -2.46. The Balaban J connectivity index is 3.45. The molecule has 1 aromatic carbocycles. The molecule has 98 valence electrons. The number of guanidine groups is 1. The number of rotatable bonds is 2. The standard InChI is InChI=1S/C11H15BrN4O2/c1-3-6-4-7(17)5-8(12)9(6)16(10(13)14)11(18)15-2/h4-5,17H,3H2,1-2H3,(H3,13,14)(H,15,18). The second-order valence-electron chi connectivity index (χ2n) is 3.56. The number of benzene rings is 1. The first-order valence-corrected chi connectivity index (χ1v) is 6.08. The number of nitrogens with one attached hydrogen (secondary N) is 2. The zero-order valence-electron chi connectivity index (χ0n) is 10.1. The number of hydrogen-bond donors (Lipinski definition) is 4. The van der Waals surface area contributed by atoms with Crippen molar-refractivity contribution in [3.63, 3.8) is 0 Å². The lowest BCUT2D eigenvalue weighted by atomic mass is 10.1. The number of nitrogens with zero attached hydrogens (tertiary/aromatic N) is 1. The summed E-state index contributed by atoms with van der Waals surface area (Å²) >= 11 is 3.27. The number of aryl methyl sites for hydroxylation is 1. The number of phenols is 1. The van der Waals surface area contributed by atoms with Crippen LogP contribution in [0.2, 0.25) is 0 Å². The molecule has 1 rings (SSSR count). The maximum absolute atomic E-state index is 11.8. The van der Waals surface area contributed by atoms with Crippen molar-refractivity contribution in [3.8, 4) is 5.75 Å². The molecule has 0 saturated heterocycles. The third-order valence-corrected chi connectivity index (χ3v) is 2.99. The van der Waals surface area contributed by atoms with E-state index >= 15 is 0 Å². The van der Waals surface area contributed by atoms with Gasteiger partial charge in [-0.15, -0.1) is 0 Å². The van der Waals surface area contributed by atoms with Gasteiger partial charge in [-0.1, -0.05) is 6.92 Å². The molecule has 18 heavy (non-hydrogen) atoms. The maximum Gasteiger partial charge on any atom is 0.328 e. The predicted molar refractivity (Wildman–Crippen MR) is 74.0 cm³/mol. The van der Waals surface area contributed by atoms with Crippen LogP contribution in [0, 0.1) is 5.41 Å². The molecule has 5 N–H and O–H groups in total. The van der Waals surface area contributed by atoms with Crippen LogP contribution in [0.25, 0.3) is 0 Å². The van der Waals surface area contributed by atoms with E-state index in [1.165, 1.54) is 13.1 Å². The lowest BCUT2D eigenvalue weighted by molar-refractivity contribution is 0.251. The average molecular weight is 315 g/mol. The Morgan fingerprint density at radius 2 is 2.22 bits per heavy atom. The van der Waals surface area contributed by atoms with Crippen molar-refractivity contribution in [1.82, 2.24) is 5.32 Å². The first-order chi connectivity index (χ1) is 8.42. The van der Waals surface area contributed by atoms with Crippen LogP contribution >= 0.6 is 15.9 Å². The Morgan fingerprint density at radius 3 is 2.67 bits per heavy atom. The van der Waals surface area contributed by atoms with Crippen molar-refractivity contribution in [2.75, 3.05) is 11.9 Å². The zero-order chi connectivity index (χ0) is 13.9. The molecule has 0 aliphatic carbocycles. The van der Waals surface area contributed by atoms with Crippen LogP contribution in [0.15, 0.2) is 16.6 Å². The molecule has 7 heteroatoms. The Kier molecular flexibility index (Phi) is 4.55. The maximum atomic E-state index is 11.8. The van der Waals surface area contributed by atoms with Crippen molar-refractivity contribution in [2.24, 2.45) is 5.73 Å². The summed E-state index contributed by atoms with van der Waals surface area (Å²) in [5.74, 6) is -0.307. The number of phenolic OH excluding ortho intramolecular Hbond substituents is 1. The van der Waals surface area contributed by atoms with Gasteiger partial charge in [-0.05, 0) is 40.0 Å². The van der Waals surface area contributed by atoms with Crippen LogP contribution in [-0.2, 0) is 6.42 Å². The minimum atomic E-state index is -0.511. The van der Waals surface area contributed by atoms with Gasteiger partial charge >= 0.3 is 6.03 Å². The first-order valence-electron chi connectivity index (χ1n) is 5.29. The number of amides is 2. The van der Waals surface area contributed by atoms with Crippen molar-refractivity contribution in [3.05, 3.63) is 22.2 Å². The Morgan fingerprint density at radius 1 is 1.61 bits per heavy atom. The van der Waals surface area contributed by atoms with Gasteiger partial charge in [-0.3, -0.25) is 5.41 Å². The van der Waals surface area contributed by atoms with Crippen LogP contribution in [0.3, 0.4) is 0 Å². The van der Waals surface area contributed by atoms with Crippen molar-refractivity contribution in [2.45, 2.75) is 13.3 Å². The lowest BCUT2D eigenvalue weighted by Gasteiger charge is -2.24. The van der Waals surface area contributed by atoms with Crippen molar-refractivity contribution >= 4 is 33.6 Å². The molecule has 0 aliphatic heterocycles.